The molecule has 0 unspecified atom stereocenters. The summed E-state index contributed by atoms with van der Waals surface area (Å²) < 4.78 is 0. The normalized spacial score (nSPS) is 14.4. The Hall–Kier alpha value is -1.82. The first kappa shape index (κ1) is 19.9. The molecule has 1 aliphatic rings. The number of thiophene rings is 1. The zero-order chi connectivity index (χ0) is 19.4. The van der Waals surface area contributed by atoms with E-state index in [0.29, 0.717) is 26.2 Å². The summed E-state index contributed by atoms with van der Waals surface area (Å²) in [5, 5.41) is 4.25. The van der Waals surface area contributed by atoms with E-state index < -0.39 is 5.91 Å². The van der Waals surface area contributed by atoms with E-state index in [1.807, 2.05) is 0 Å². The Morgan fingerprint density at radius 2 is 1.74 bits per heavy atom. The van der Waals surface area contributed by atoms with Crippen LogP contribution in [-0.4, -0.2) is 11.8 Å². The molecule has 2 amide bonds. The summed E-state index contributed by atoms with van der Waals surface area (Å²) in [7, 11) is 0. The van der Waals surface area contributed by atoms with Crippen LogP contribution in [0.5, 0.6) is 0 Å². The number of primary amides is 1. The lowest BCUT2D eigenvalue weighted by atomic mass is 9.96. The Morgan fingerprint density at radius 3 is 2.41 bits per heavy atom. The molecule has 0 saturated carbocycles. The van der Waals surface area contributed by atoms with Crippen LogP contribution in [0.3, 0.4) is 0 Å². The molecule has 0 bridgehead atoms. The number of hydrogen-bond acceptors (Lipinski definition) is 3. The molecule has 0 radical (unpaired) electrons. The lowest BCUT2D eigenvalue weighted by molar-refractivity contribution is -0.111. The van der Waals surface area contributed by atoms with Crippen molar-refractivity contribution in [2.24, 2.45) is 5.73 Å². The molecule has 27 heavy (non-hydrogen) atoms. The predicted octanol–water partition coefficient (Wildman–Crippen LogP) is 5.46. The Kier molecular flexibility index (Phi) is 6.58. The summed E-state index contributed by atoms with van der Waals surface area (Å²) in [5.74, 6) is -0.857. The molecule has 0 saturated heterocycles. The molecule has 2 aromatic rings. The molecular formula is C20H20Cl2N2O2S. The molecule has 1 aromatic heterocycles. The van der Waals surface area contributed by atoms with Crippen molar-refractivity contribution in [1.82, 2.24) is 0 Å². The third-order valence-electron chi connectivity index (χ3n) is 4.56. The van der Waals surface area contributed by atoms with Gasteiger partial charge < -0.3 is 11.1 Å². The monoisotopic (exact) mass is 422 g/mol. The van der Waals surface area contributed by atoms with Gasteiger partial charge in [-0.3, -0.25) is 9.59 Å². The van der Waals surface area contributed by atoms with E-state index in [9.17, 15) is 9.59 Å². The highest BCUT2D eigenvalue weighted by Gasteiger charge is 2.23. The highest BCUT2D eigenvalue weighted by Crippen LogP contribution is 2.37. The second-order valence-electron chi connectivity index (χ2n) is 6.44. The molecule has 1 aliphatic carbocycles. The van der Waals surface area contributed by atoms with E-state index in [-0.39, 0.29) is 5.91 Å². The average molecular weight is 423 g/mol. The zero-order valence-electron chi connectivity index (χ0n) is 14.7. The largest absolute Gasteiger partial charge is 0.365 e. The van der Waals surface area contributed by atoms with Gasteiger partial charge in [-0.05, 0) is 49.5 Å². The van der Waals surface area contributed by atoms with Gasteiger partial charge >= 0.3 is 0 Å². The Bertz CT molecular complexity index is 885. The standard InChI is InChI=1S/C20H20Cl2N2O2S/c21-14-7-5-8-15(22)12(14)10-11-17(25)24-20-18(19(23)26)13-6-3-1-2-4-9-16(13)27-20/h5,7-8,10-11H,1-4,6,9H2,(H2,23,26)(H,24,25). The second kappa shape index (κ2) is 8.91. The van der Waals surface area contributed by atoms with Gasteiger partial charge in [0.25, 0.3) is 5.91 Å². The summed E-state index contributed by atoms with van der Waals surface area (Å²) in [6, 6.07) is 5.15. The lowest BCUT2D eigenvalue weighted by Gasteiger charge is -2.10. The number of fused-ring (bicyclic) bond motifs is 1. The molecule has 0 aliphatic heterocycles. The number of halogens is 2. The topological polar surface area (TPSA) is 72.2 Å². The van der Waals surface area contributed by atoms with Crippen LogP contribution < -0.4 is 11.1 Å². The van der Waals surface area contributed by atoms with Gasteiger partial charge in [-0.15, -0.1) is 11.3 Å². The highest BCUT2D eigenvalue weighted by atomic mass is 35.5. The molecule has 0 spiro atoms. The van der Waals surface area contributed by atoms with E-state index in [1.165, 1.54) is 23.8 Å². The van der Waals surface area contributed by atoms with Crippen molar-refractivity contribution in [1.29, 1.82) is 0 Å². The molecular weight excluding hydrogens is 403 g/mol. The SMILES string of the molecule is NC(=O)c1c(NC(=O)C=Cc2c(Cl)cccc2Cl)sc2c1CCCCCC2. The van der Waals surface area contributed by atoms with Gasteiger partial charge in [0, 0.05) is 26.6 Å². The number of hydrogen-bond donors (Lipinski definition) is 2. The quantitative estimate of drug-likeness (QED) is 0.641. The van der Waals surface area contributed by atoms with Gasteiger partial charge in [-0.25, -0.2) is 0 Å². The number of carbonyl (C=O) groups is 2. The number of carbonyl (C=O) groups excluding carboxylic acids is 2. The maximum Gasteiger partial charge on any atom is 0.251 e. The van der Waals surface area contributed by atoms with Crippen molar-refractivity contribution in [3.05, 3.63) is 55.9 Å². The van der Waals surface area contributed by atoms with Gasteiger partial charge in [-0.1, -0.05) is 42.1 Å². The van der Waals surface area contributed by atoms with E-state index >= 15 is 0 Å². The molecule has 4 nitrogen and oxygen atoms in total. The number of benzene rings is 1. The van der Waals surface area contributed by atoms with Gasteiger partial charge in [0.15, 0.2) is 0 Å². The average Bonchev–Trinajstić information content (AvgIpc) is 2.91. The summed E-state index contributed by atoms with van der Waals surface area (Å²) >= 11 is 13.7. The second-order valence-corrected chi connectivity index (χ2v) is 8.36. The minimum atomic E-state index is -0.499. The molecule has 3 N–H and O–H groups in total. The fraction of sp³-hybridized carbons (Fsp3) is 0.300. The maximum atomic E-state index is 12.4. The van der Waals surface area contributed by atoms with Crippen LogP contribution >= 0.6 is 34.5 Å². The Morgan fingerprint density at radius 1 is 1.07 bits per heavy atom. The first-order chi connectivity index (χ1) is 13.0. The number of nitrogens with one attached hydrogen (secondary N) is 1. The van der Waals surface area contributed by atoms with Crippen molar-refractivity contribution < 1.29 is 9.59 Å². The first-order valence-electron chi connectivity index (χ1n) is 8.84. The minimum Gasteiger partial charge on any atom is -0.365 e. The zero-order valence-corrected chi connectivity index (χ0v) is 17.0. The molecule has 3 rings (SSSR count). The third-order valence-corrected chi connectivity index (χ3v) is 6.42. The summed E-state index contributed by atoms with van der Waals surface area (Å²) in [4.78, 5) is 25.6. The number of anilines is 1. The predicted molar refractivity (Wildman–Crippen MR) is 113 cm³/mol. The number of nitrogens with two attached hydrogens (primary N) is 1. The van der Waals surface area contributed by atoms with E-state index in [0.717, 1.165) is 42.5 Å². The van der Waals surface area contributed by atoms with Crippen LogP contribution in [0.15, 0.2) is 24.3 Å². The van der Waals surface area contributed by atoms with E-state index in [2.05, 4.69) is 5.32 Å². The van der Waals surface area contributed by atoms with Crippen molar-refractivity contribution in [2.45, 2.75) is 38.5 Å². The molecule has 7 heteroatoms. The van der Waals surface area contributed by atoms with E-state index in [1.54, 1.807) is 24.3 Å². The van der Waals surface area contributed by atoms with Crippen LogP contribution in [-0.2, 0) is 17.6 Å². The Balaban J connectivity index is 1.84. The van der Waals surface area contributed by atoms with Crippen LogP contribution in [0.2, 0.25) is 10.0 Å². The lowest BCUT2D eigenvalue weighted by Crippen LogP contribution is -2.17. The molecule has 1 heterocycles. The van der Waals surface area contributed by atoms with E-state index in [4.69, 9.17) is 28.9 Å². The van der Waals surface area contributed by atoms with Crippen LogP contribution in [0, 0.1) is 0 Å². The highest BCUT2D eigenvalue weighted by molar-refractivity contribution is 7.17. The molecule has 142 valence electrons. The fourth-order valence-electron chi connectivity index (χ4n) is 3.25. The van der Waals surface area contributed by atoms with Gasteiger partial charge in [-0.2, -0.15) is 0 Å². The molecule has 1 aromatic carbocycles. The van der Waals surface area contributed by atoms with Crippen LogP contribution in [0.25, 0.3) is 6.08 Å². The number of aryl methyl sites for hydroxylation is 1. The molecule has 0 atom stereocenters. The summed E-state index contributed by atoms with van der Waals surface area (Å²) in [6.07, 6.45) is 9.12. The van der Waals surface area contributed by atoms with Gasteiger partial charge in [0.1, 0.15) is 5.00 Å². The van der Waals surface area contributed by atoms with Gasteiger partial charge in [0.2, 0.25) is 5.91 Å². The Labute approximate surface area is 172 Å². The van der Waals surface area contributed by atoms with Crippen molar-refractivity contribution in [3.63, 3.8) is 0 Å². The summed E-state index contributed by atoms with van der Waals surface area (Å²) in [5.41, 5.74) is 7.64. The van der Waals surface area contributed by atoms with Crippen molar-refractivity contribution >= 4 is 57.4 Å². The number of rotatable bonds is 4. The maximum absolute atomic E-state index is 12.4. The van der Waals surface area contributed by atoms with Crippen LogP contribution in [0.4, 0.5) is 5.00 Å². The van der Waals surface area contributed by atoms with Crippen LogP contribution in [0.1, 0.15) is 52.0 Å². The number of amides is 2. The summed E-state index contributed by atoms with van der Waals surface area (Å²) in [6.45, 7) is 0. The van der Waals surface area contributed by atoms with Crippen molar-refractivity contribution in [3.8, 4) is 0 Å². The van der Waals surface area contributed by atoms with Gasteiger partial charge in [0.05, 0.1) is 5.56 Å². The minimum absolute atomic E-state index is 0.359. The fourth-order valence-corrected chi connectivity index (χ4v) is 5.07. The third kappa shape index (κ3) is 4.72. The smallest absolute Gasteiger partial charge is 0.251 e. The van der Waals surface area contributed by atoms with Crippen molar-refractivity contribution in [2.75, 3.05) is 5.32 Å². The molecule has 0 fully saturated rings. The first-order valence-corrected chi connectivity index (χ1v) is 10.4.